The third-order valence-electron chi connectivity index (χ3n) is 3.01. The number of rotatable bonds is 1. The fraction of sp³-hybridized carbons (Fsp3) is 0.583. The molecule has 1 aromatic rings. The van der Waals surface area contributed by atoms with Gasteiger partial charge in [0.2, 0.25) is 0 Å². The van der Waals surface area contributed by atoms with Crippen LogP contribution >= 0.6 is 0 Å². The van der Waals surface area contributed by atoms with Crippen molar-refractivity contribution in [3.63, 3.8) is 0 Å². The minimum atomic E-state index is 0.388. The summed E-state index contributed by atoms with van der Waals surface area (Å²) in [4.78, 5) is 6.71. The summed E-state index contributed by atoms with van der Waals surface area (Å²) in [6, 6.07) is 1.99. The Morgan fingerprint density at radius 2 is 2.20 bits per heavy atom. The molecule has 0 bridgehead atoms. The van der Waals surface area contributed by atoms with Crippen LogP contribution in [0.1, 0.15) is 25.8 Å². The van der Waals surface area contributed by atoms with E-state index in [4.69, 9.17) is 5.73 Å². The number of hydrogen-bond acceptors (Lipinski definition) is 3. The van der Waals surface area contributed by atoms with Gasteiger partial charge in [0.1, 0.15) is 0 Å². The quantitative estimate of drug-likeness (QED) is 0.764. The van der Waals surface area contributed by atoms with Crippen LogP contribution in [0.2, 0.25) is 0 Å². The maximum Gasteiger partial charge on any atom is 0.151 e. The molecule has 0 spiro atoms. The van der Waals surface area contributed by atoms with Crippen LogP contribution in [0.3, 0.4) is 0 Å². The maximum absolute atomic E-state index is 5.99. The van der Waals surface area contributed by atoms with Gasteiger partial charge in [-0.2, -0.15) is 0 Å². The van der Waals surface area contributed by atoms with E-state index in [1.807, 2.05) is 19.2 Å². The second-order valence-corrected chi connectivity index (χ2v) is 5.26. The molecule has 82 valence electrons. The van der Waals surface area contributed by atoms with Gasteiger partial charge in [0.25, 0.3) is 0 Å². The van der Waals surface area contributed by atoms with E-state index in [9.17, 15) is 0 Å². The molecule has 0 aromatic carbocycles. The highest BCUT2D eigenvalue weighted by Gasteiger charge is 2.30. The minimum Gasteiger partial charge on any atom is -0.396 e. The fourth-order valence-corrected chi connectivity index (χ4v) is 2.14. The van der Waals surface area contributed by atoms with Crippen molar-refractivity contribution in [3.05, 3.63) is 17.8 Å². The highest BCUT2D eigenvalue weighted by Crippen LogP contribution is 2.33. The Hall–Kier alpha value is -1.25. The highest BCUT2D eigenvalue weighted by molar-refractivity contribution is 5.63. The average Bonchev–Trinajstić information content (AvgIpc) is 2.46. The van der Waals surface area contributed by atoms with Crippen LogP contribution < -0.4 is 10.6 Å². The number of nitrogens with two attached hydrogens (primary N) is 1. The number of nitrogens with zero attached hydrogens (tertiary/aromatic N) is 2. The van der Waals surface area contributed by atoms with Crippen molar-refractivity contribution in [1.29, 1.82) is 0 Å². The van der Waals surface area contributed by atoms with E-state index in [1.165, 1.54) is 6.42 Å². The molecule has 1 aliphatic rings. The van der Waals surface area contributed by atoms with Crippen molar-refractivity contribution >= 4 is 11.5 Å². The first-order valence-electron chi connectivity index (χ1n) is 5.45. The van der Waals surface area contributed by atoms with Crippen molar-refractivity contribution in [3.8, 4) is 0 Å². The topological polar surface area (TPSA) is 42.2 Å². The smallest absolute Gasteiger partial charge is 0.151 e. The van der Waals surface area contributed by atoms with Crippen molar-refractivity contribution in [2.75, 3.05) is 23.7 Å². The second kappa shape index (κ2) is 3.40. The van der Waals surface area contributed by atoms with E-state index in [0.29, 0.717) is 5.41 Å². The van der Waals surface area contributed by atoms with Gasteiger partial charge in [-0.05, 0) is 30.4 Å². The summed E-state index contributed by atoms with van der Waals surface area (Å²) in [7, 11) is 0. The first kappa shape index (κ1) is 10.3. The number of aromatic nitrogens is 1. The first-order chi connectivity index (χ1) is 6.98. The lowest BCUT2D eigenvalue weighted by Crippen LogP contribution is -2.24. The molecule has 2 N–H and O–H groups in total. The lowest BCUT2D eigenvalue weighted by atomic mass is 9.93. The summed E-state index contributed by atoms with van der Waals surface area (Å²) < 4.78 is 0. The summed E-state index contributed by atoms with van der Waals surface area (Å²) >= 11 is 0. The molecule has 0 atom stereocenters. The zero-order valence-electron chi connectivity index (χ0n) is 9.75. The molecule has 3 heteroatoms. The van der Waals surface area contributed by atoms with E-state index >= 15 is 0 Å². The fourth-order valence-electron chi connectivity index (χ4n) is 2.14. The molecule has 2 rings (SSSR count). The Bertz CT molecular complexity index is 371. The third-order valence-corrected chi connectivity index (χ3v) is 3.01. The number of anilines is 2. The largest absolute Gasteiger partial charge is 0.396 e. The van der Waals surface area contributed by atoms with Crippen LogP contribution in [-0.4, -0.2) is 18.1 Å². The molecule has 1 fully saturated rings. The Kier molecular flexibility index (Phi) is 2.33. The highest BCUT2D eigenvalue weighted by atomic mass is 15.2. The lowest BCUT2D eigenvalue weighted by molar-refractivity contribution is 0.418. The average molecular weight is 205 g/mol. The van der Waals surface area contributed by atoms with Crippen LogP contribution in [0, 0.1) is 12.3 Å². The van der Waals surface area contributed by atoms with Gasteiger partial charge in [0.05, 0.1) is 5.69 Å². The second-order valence-electron chi connectivity index (χ2n) is 5.26. The van der Waals surface area contributed by atoms with Gasteiger partial charge >= 0.3 is 0 Å². The van der Waals surface area contributed by atoms with Gasteiger partial charge in [-0.1, -0.05) is 13.8 Å². The minimum absolute atomic E-state index is 0.388. The molecule has 2 heterocycles. The van der Waals surface area contributed by atoms with Gasteiger partial charge in [-0.15, -0.1) is 0 Å². The van der Waals surface area contributed by atoms with E-state index in [1.54, 1.807) is 0 Å². The number of hydrogen-bond donors (Lipinski definition) is 1. The number of nitrogen functional groups attached to an aromatic ring is 1. The molecular formula is C12H19N3. The molecule has 3 nitrogen and oxygen atoms in total. The first-order valence-corrected chi connectivity index (χ1v) is 5.45. The van der Waals surface area contributed by atoms with Crippen LogP contribution in [0.25, 0.3) is 0 Å². The van der Waals surface area contributed by atoms with Crippen LogP contribution in [0.4, 0.5) is 11.5 Å². The Balaban J connectivity index is 2.24. The Morgan fingerprint density at radius 3 is 2.73 bits per heavy atom. The molecule has 0 radical (unpaired) electrons. The molecule has 1 aromatic heterocycles. The van der Waals surface area contributed by atoms with Crippen molar-refractivity contribution in [2.45, 2.75) is 27.2 Å². The summed E-state index contributed by atoms with van der Waals surface area (Å²) in [6.07, 6.45) is 3.10. The van der Waals surface area contributed by atoms with Gasteiger partial charge in [-0.25, -0.2) is 4.98 Å². The van der Waals surface area contributed by atoms with Crippen LogP contribution in [-0.2, 0) is 0 Å². The molecule has 15 heavy (non-hydrogen) atoms. The summed E-state index contributed by atoms with van der Waals surface area (Å²) in [6.45, 7) is 8.70. The standard InChI is InChI=1S/C12H19N3/c1-9-6-10(13)11(14-7-9)15-5-4-12(2,3)8-15/h6-7H,4-5,8,13H2,1-3H3. The lowest BCUT2D eigenvalue weighted by Gasteiger charge is -2.21. The number of aryl methyl sites for hydroxylation is 1. The molecule has 0 saturated carbocycles. The molecule has 0 amide bonds. The SMILES string of the molecule is Cc1cnc(N2CCC(C)(C)C2)c(N)c1. The normalized spacial score (nSPS) is 19.5. The third kappa shape index (κ3) is 2.06. The van der Waals surface area contributed by atoms with Gasteiger partial charge in [0, 0.05) is 19.3 Å². The van der Waals surface area contributed by atoms with Gasteiger partial charge < -0.3 is 10.6 Å². The molecular weight excluding hydrogens is 186 g/mol. The predicted molar refractivity (Wildman–Crippen MR) is 64.0 cm³/mol. The van der Waals surface area contributed by atoms with Gasteiger partial charge in [-0.3, -0.25) is 0 Å². The molecule has 1 aliphatic heterocycles. The van der Waals surface area contributed by atoms with E-state index in [0.717, 1.165) is 30.2 Å². The molecule has 1 saturated heterocycles. The monoisotopic (exact) mass is 205 g/mol. The van der Waals surface area contributed by atoms with E-state index in [-0.39, 0.29) is 0 Å². The van der Waals surface area contributed by atoms with Crippen LogP contribution in [0.5, 0.6) is 0 Å². The Labute approximate surface area is 91.3 Å². The van der Waals surface area contributed by atoms with Crippen molar-refractivity contribution in [2.24, 2.45) is 5.41 Å². The summed E-state index contributed by atoms with van der Waals surface area (Å²) in [5, 5.41) is 0. The van der Waals surface area contributed by atoms with E-state index < -0.39 is 0 Å². The van der Waals surface area contributed by atoms with Gasteiger partial charge in [0.15, 0.2) is 5.82 Å². The number of pyridine rings is 1. The zero-order chi connectivity index (χ0) is 11.1. The maximum atomic E-state index is 5.99. The van der Waals surface area contributed by atoms with E-state index in [2.05, 4.69) is 23.7 Å². The van der Waals surface area contributed by atoms with Crippen molar-refractivity contribution in [1.82, 2.24) is 4.98 Å². The predicted octanol–water partition coefficient (Wildman–Crippen LogP) is 2.21. The Morgan fingerprint density at radius 1 is 1.47 bits per heavy atom. The van der Waals surface area contributed by atoms with Crippen molar-refractivity contribution < 1.29 is 0 Å². The summed E-state index contributed by atoms with van der Waals surface area (Å²) in [5.74, 6) is 0.950. The van der Waals surface area contributed by atoms with Crippen LogP contribution in [0.15, 0.2) is 12.3 Å². The molecule has 0 aliphatic carbocycles. The summed E-state index contributed by atoms with van der Waals surface area (Å²) in [5.41, 5.74) is 8.29. The molecule has 0 unspecified atom stereocenters. The zero-order valence-corrected chi connectivity index (χ0v) is 9.75.